The van der Waals surface area contributed by atoms with Crippen LogP contribution < -0.4 is 25.6 Å². The Balaban J connectivity index is 1.48. The van der Waals surface area contributed by atoms with Crippen molar-refractivity contribution in [1.82, 2.24) is 5.32 Å². The summed E-state index contributed by atoms with van der Waals surface area (Å²) in [5.74, 6) is 0.586. The summed E-state index contributed by atoms with van der Waals surface area (Å²) in [7, 11) is 0. The number of anilines is 3. The standard InChI is InChI=1S/C28H32N4O3/c1-2-35-24-14-11-22(12-15-24)30-28(34)31-23-13-16-26(32-17-7-4-8-18-32)25(19-23)27(33)29-20-21-9-5-3-6-10-21/h3,5-6,9-16,19H,2,4,7-8,17-18,20H2,1H3,(H,29,33)(H2,30,31,34). The van der Waals surface area contributed by atoms with Crippen molar-refractivity contribution in [1.29, 1.82) is 0 Å². The van der Waals surface area contributed by atoms with Crippen molar-refractivity contribution in [3.8, 4) is 5.75 Å². The Morgan fingerprint density at radius 2 is 1.54 bits per heavy atom. The molecule has 3 aromatic carbocycles. The van der Waals surface area contributed by atoms with E-state index in [9.17, 15) is 9.59 Å². The van der Waals surface area contributed by atoms with Gasteiger partial charge in [-0.15, -0.1) is 0 Å². The van der Waals surface area contributed by atoms with E-state index in [1.807, 2.05) is 61.5 Å². The number of piperidine rings is 1. The van der Waals surface area contributed by atoms with Crippen molar-refractivity contribution < 1.29 is 14.3 Å². The predicted octanol–water partition coefficient (Wildman–Crippen LogP) is 5.65. The molecule has 1 heterocycles. The van der Waals surface area contributed by atoms with Crippen LogP contribution in [0.3, 0.4) is 0 Å². The summed E-state index contributed by atoms with van der Waals surface area (Å²) >= 11 is 0. The molecule has 3 aromatic rings. The summed E-state index contributed by atoms with van der Waals surface area (Å²) in [5, 5.41) is 8.69. The van der Waals surface area contributed by atoms with E-state index in [0.29, 0.717) is 30.1 Å². The third kappa shape index (κ3) is 6.76. The van der Waals surface area contributed by atoms with Crippen LogP contribution in [0.2, 0.25) is 0 Å². The van der Waals surface area contributed by atoms with Crippen LogP contribution in [0.25, 0.3) is 0 Å². The fraction of sp³-hybridized carbons (Fsp3) is 0.286. The summed E-state index contributed by atoms with van der Waals surface area (Å²) in [6.07, 6.45) is 3.42. The van der Waals surface area contributed by atoms with E-state index in [1.54, 1.807) is 18.2 Å². The zero-order chi connectivity index (χ0) is 24.5. The Morgan fingerprint density at radius 3 is 2.26 bits per heavy atom. The molecule has 4 rings (SSSR count). The van der Waals surface area contributed by atoms with Crippen molar-refractivity contribution in [2.75, 3.05) is 35.2 Å². The first kappa shape index (κ1) is 24.1. The van der Waals surface area contributed by atoms with E-state index in [1.165, 1.54) is 6.42 Å². The minimum absolute atomic E-state index is 0.162. The highest BCUT2D eigenvalue weighted by molar-refractivity contribution is 6.04. The minimum Gasteiger partial charge on any atom is -0.494 e. The smallest absolute Gasteiger partial charge is 0.323 e. The Hall–Kier alpha value is -4.00. The first-order chi connectivity index (χ1) is 17.1. The number of hydrogen-bond acceptors (Lipinski definition) is 4. The number of nitrogens with zero attached hydrogens (tertiary/aromatic N) is 1. The number of urea groups is 1. The number of carbonyl (C=O) groups is 2. The predicted molar refractivity (Wildman–Crippen MR) is 140 cm³/mol. The van der Waals surface area contributed by atoms with Gasteiger partial charge in [-0.05, 0) is 74.2 Å². The molecule has 0 aromatic heterocycles. The molecular weight excluding hydrogens is 440 g/mol. The lowest BCUT2D eigenvalue weighted by Crippen LogP contribution is -2.33. The molecule has 0 unspecified atom stereocenters. The number of nitrogens with one attached hydrogen (secondary N) is 3. The maximum Gasteiger partial charge on any atom is 0.323 e. The molecule has 1 fully saturated rings. The largest absolute Gasteiger partial charge is 0.494 e. The molecule has 0 atom stereocenters. The molecule has 1 saturated heterocycles. The van der Waals surface area contributed by atoms with Crippen LogP contribution in [0.4, 0.5) is 21.9 Å². The average molecular weight is 473 g/mol. The van der Waals surface area contributed by atoms with Crippen molar-refractivity contribution in [2.45, 2.75) is 32.7 Å². The molecule has 0 bridgehead atoms. The monoisotopic (exact) mass is 472 g/mol. The molecule has 35 heavy (non-hydrogen) atoms. The molecule has 0 radical (unpaired) electrons. The zero-order valence-electron chi connectivity index (χ0n) is 20.0. The Bertz CT molecular complexity index is 1130. The third-order valence-corrected chi connectivity index (χ3v) is 5.91. The van der Waals surface area contributed by atoms with Crippen molar-refractivity contribution in [3.63, 3.8) is 0 Å². The topological polar surface area (TPSA) is 82.7 Å². The second-order valence-electron chi connectivity index (χ2n) is 8.48. The van der Waals surface area contributed by atoms with Gasteiger partial charge in [0.05, 0.1) is 12.2 Å². The second kappa shape index (κ2) is 11.9. The van der Waals surface area contributed by atoms with Gasteiger partial charge in [-0.2, -0.15) is 0 Å². The quantitative estimate of drug-likeness (QED) is 0.396. The molecule has 0 aliphatic carbocycles. The summed E-state index contributed by atoms with van der Waals surface area (Å²) in [6, 6.07) is 22.1. The summed E-state index contributed by atoms with van der Waals surface area (Å²) in [5.41, 5.74) is 3.69. The Morgan fingerprint density at radius 1 is 0.857 bits per heavy atom. The van der Waals surface area contributed by atoms with Crippen LogP contribution in [-0.4, -0.2) is 31.6 Å². The Labute approximate surface area is 206 Å². The van der Waals surface area contributed by atoms with Crippen LogP contribution in [-0.2, 0) is 6.54 Å². The van der Waals surface area contributed by atoms with Crippen LogP contribution in [0.5, 0.6) is 5.75 Å². The molecule has 0 spiro atoms. The van der Waals surface area contributed by atoms with Crippen LogP contribution in [0, 0.1) is 0 Å². The first-order valence-corrected chi connectivity index (χ1v) is 12.1. The number of benzene rings is 3. The van der Waals surface area contributed by atoms with Gasteiger partial charge < -0.3 is 25.6 Å². The molecule has 7 heteroatoms. The highest BCUT2D eigenvalue weighted by Crippen LogP contribution is 2.27. The van der Waals surface area contributed by atoms with Gasteiger partial charge in [0.2, 0.25) is 0 Å². The summed E-state index contributed by atoms with van der Waals surface area (Å²) < 4.78 is 5.44. The minimum atomic E-state index is -0.379. The molecular formula is C28H32N4O3. The fourth-order valence-electron chi connectivity index (χ4n) is 4.17. The van der Waals surface area contributed by atoms with Crippen LogP contribution >= 0.6 is 0 Å². The first-order valence-electron chi connectivity index (χ1n) is 12.1. The van der Waals surface area contributed by atoms with Gasteiger partial charge in [0.1, 0.15) is 5.75 Å². The van der Waals surface area contributed by atoms with Gasteiger partial charge in [0, 0.05) is 36.7 Å². The van der Waals surface area contributed by atoms with Gasteiger partial charge in [0.15, 0.2) is 0 Å². The van der Waals surface area contributed by atoms with Gasteiger partial charge >= 0.3 is 6.03 Å². The molecule has 7 nitrogen and oxygen atoms in total. The molecule has 0 saturated carbocycles. The fourth-order valence-corrected chi connectivity index (χ4v) is 4.17. The molecule has 1 aliphatic rings. The van der Waals surface area contributed by atoms with E-state index in [4.69, 9.17) is 4.74 Å². The van der Waals surface area contributed by atoms with E-state index in [0.717, 1.165) is 42.9 Å². The Kier molecular flexibility index (Phi) is 8.22. The van der Waals surface area contributed by atoms with E-state index >= 15 is 0 Å². The van der Waals surface area contributed by atoms with Crippen LogP contribution in [0.1, 0.15) is 42.1 Å². The van der Waals surface area contributed by atoms with Gasteiger partial charge in [-0.3, -0.25) is 4.79 Å². The number of carbonyl (C=O) groups excluding carboxylic acids is 2. The number of amides is 3. The number of ether oxygens (including phenoxy) is 1. The maximum atomic E-state index is 13.2. The molecule has 182 valence electrons. The lowest BCUT2D eigenvalue weighted by molar-refractivity contribution is 0.0951. The van der Waals surface area contributed by atoms with Gasteiger partial charge in [-0.25, -0.2) is 4.79 Å². The average Bonchev–Trinajstić information content (AvgIpc) is 2.89. The van der Waals surface area contributed by atoms with E-state index < -0.39 is 0 Å². The second-order valence-corrected chi connectivity index (χ2v) is 8.48. The lowest BCUT2D eigenvalue weighted by Gasteiger charge is -2.30. The zero-order valence-corrected chi connectivity index (χ0v) is 20.0. The highest BCUT2D eigenvalue weighted by Gasteiger charge is 2.20. The number of hydrogen-bond donors (Lipinski definition) is 3. The lowest BCUT2D eigenvalue weighted by atomic mass is 10.1. The maximum absolute atomic E-state index is 13.2. The summed E-state index contributed by atoms with van der Waals surface area (Å²) in [4.78, 5) is 28.1. The highest BCUT2D eigenvalue weighted by atomic mass is 16.5. The van der Waals surface area contributed by atoms with Crippen molar-refractivity contribution in [3.05, 3.63) is 83.9 Å². The van der Waals surface area contributed by atoms with Crippen molar-refractivity contribution in [2.24, 2.45) is 0 Å². The van der Waals surface area contributed by atoms with E-state index in [2.05, 4.69) is 20.9 Å². The number of rotatable bonds is 8. The van der Waals surface area contributed by atoms with E-state index in [-0.39, 0.29) is 11.9 Å². The molecule has 3 N–H and O–H groups in total. The normalized spacial score (nSPS) is 13.1. The van der Waals surface area contributed by atoms with Crippen LogP contribution in [0.15, 0.2) is 72.8 Å². The molecule has 1 aliphatic heterocycles. The van der Waals surface area contributed by atoms with Gasteiger partial charge in [-0.1, -0.05) is 30.3 Å². The molecule has 3 amide bonds. The van der Waals surface area contributed by atoms with Gasteiger partial charge in [0.25, 0.3) is 5.91 Å². The van der Waals surface area contributed by atoms with Crippen molar-refractivity contribution >= 4 is 29.0 Å². The summed E-state index contributed by atoms with van der Waals surface area (Å²) in [6.45, 7) is 4.79. The third-order valence-electron chi connectivity index (χ3n) is 5.91. The SMILES string of the molecule is CCOc1ccc(NC(=O)Nc2ccc(N3CCCCC3)c(C(=O)NCc3ccccc3)c2)cc1.